The highest BCUT2D eigenvalue weighted by atomic mass is 16.5. The molecule has 2 rings (SSSR count). The van der Waals surface area contributed by atoms with Crippen LogP contribution < -0.4 is 10.1 Å². The van der Waals surface area contributed by atoms with Crippen molar-refractivity contribution in [3.63, 3.8) is 0 Å². The van der Waals surface area contributed by atoms with Gasteiger partial charge in [-0.3, -0.25) is 14.8 Å². The second kappa shape index (κ2) is 4.84. The first kappa shape index (κ1) is 11.4. The maximum atomic E-state index is 11.4. The normalized spacial score (nSPS) is 18.5. The van der Waals surface area contributed by atoms with Gasteiger partial charge in [0, 0.05) is 0 Å². The summed E-state index contributed by atoms with van der Waals surface area (Å²) in [5, 5.41) is 11.8. The van der Waals surface area contributed by atoms with Crippen molar-refractivity contribution in [1.82, 2.24) is 10.4 Å². The van der Waals surface area contributed by atoms with Gasteiger partial charge < -0.3 is 10.1 Å². The lowest BCUT2D eigenvalue weighted by Crippen LogP contribution is -2.62. The number of ether oxygens (including phenoxy) is 1. The van der Waals surface area contributed by atoms with Gasteiger partial charge in [-0.25, -0.2) is 5.06 Å². The third kappa shape index (κ3) is 2.73. The molecule has 1 atom stereocenters. The number of rotatable bonds is 4. The number of carbonyl (C=O) groups is 2. The standard InChI is InChI=1S/C11H12N2O4/c14-10(12-9-6-13(16)11(9)15)7-17-8-4-2-1-3-5-8/h1-5,9,16H,6-7H2,(H,12,14). The highest BCUT2D eigenvalue weighted by molar-refractivity contribution is 5.91. The van der Waals surface area contributed by atoms with E-state index in [1.54, 1.807) is 24.3 Å². The van der Waals surface area contributed by atoms with E-state index in [-0.39, 0.29) is 19.1 Å². The third-order valence-corrected chi connectivity index (χ3v) is 2.36. The largest absolute Gasteiger partial charge is 0.484 e. The molecule has 1 fully saturated rings. The van der Waals surface area contributed by atoms with Crippen LogP contribution >= 0.6 is 0 Å². The molecular formula is C11H12N2O4. The summed E-state index contributed by atoms with van der Waals surface area (Å²) in [7, 11) is 0. The second-order valence-electron chi connectivity index (χ2n) is 3.64. The Balaban J connectivity index is 1.73. The summed E-state index contributed by atoms with van der Waals surface area (Å²) in [5.74, 6) is -0.301. The molecule has 0 aliphatic carbocycles. The first-order chi connectivity index (χ1) is 8.16. The molecule has 0 saturated carbocycles. The summed E-state index contributed by atoms with van der Waals surface area (Å²) in [6, 6.07) is 8.27. The maximum absolute atomic E-state index is 11.4. The van der Waals surface area contributed by atoms with E-state index in [0.717, 1.165) is 0 Å². The Labute approximate surface area is 97.7 Å². The lowest BCUT2D eigenvalue weighted by molar-refractivity contribution is -0.191. The quantitative estimate of drug-likeness (QED) is 0.559. The summed E-state index contributed by atoms with van der Waals surface area (Å²) in [4.78, 5) is 22.4. The van der Waals surface area contributed by atoms with E-state index in [1.807, 2.05) is 6.07 Å². The van der Waals surface area contributed by atoms with Crippen LogP contribution in [-0.4, -0.2) is 41.3 Å². The van der Waals surface area contributed by atoms with Gasteiger partial charge in [0.15, 0.2) is 6.61 Å². The van der Waals surface area contributed by atoms with Gasteiger partial charge in [-0.1, -0.05) is 18.2 Å². The van der Waals surface area contributed by atoms with Gasteiger partial charge in [0.2, 0.25) is 0 Å². The molecule has 17 heavy (non-hydrogen) atoms. The van der Waals surface area contributed by atoms with Crippen LogP contribution in [0.2, 0.25) is 0 Å². The van der Waals surface area contributed by atoms with Crippen molar-refractivity contribution in [2.24, 2.45) is 0 Å². The Morgan fingerprint density at radius 2 is 2.18 bits per heavy atom. The van der Waals surface area contributed by atoms with Gasteiger partial charge in [-0.05, 0) is 12.1 Å². The number of hydrogen-bond donors (Lipinski definition) is 2. The molecule has 1 saturated heterocycles. The van der Waals surface area contributed by atoms with Crippen molar-refractivity contribution >= 4 is 11.8 Å². The minimum Gasteiger partial charge on any atom is -0.484 e. The number of hydroxylamine groups is 2. The molecule has 0 spiro atoms. The van der Waals surface area contributed by atoms with Gasteiger partial charge in [0.25, 0.3) is 11.8 Å². The van der Waals surface area contributed by atoms with Crippen molar-refractivity contribution in [3.8, 4) is 5.75 Å². The molecule has 1 heterocycles. The number of nitrogens with one attached hydrogen (secondary N) is 1. The molecule has 1 aromatic rings. The number of benzene rings is 1. The van der Waals surface area contributed by atoms with Crippen molar-refractivity contribution < 1.29 is 19.5 Å². The first-order valence-electron chi connectivity index (χ1n) is 5.14. The monoisotopic (exact) mass is 236 g/mol. The highest BCUT2D eigenvalue weighted by Crippen LogP contribution is 2.08. The topological polar surface area (TPSA) is 78.9 Å². The number of amides is 2. The summed E-state index contributed by atoms with van der Waals surface area (Å²) in [6.07, 6.45) is 0. The molecule has 0 bridgehead atoms. The van der Waals surface area contributed by atoms with Crippen LogP contribution in [0, 0.1) is 0 Å². The van der Waals surface area contributed by atoms with E-state index in [2.05, 4.69) is 5.32 Å². The molecule has 1 aliphatic rings. The number of β-lactam (4-membered cyclic amide) rings is 1. The molecule has 0 radical (unpaired) electrons. The van der Waals surface area contributed by atoms with E-state index in [9.17, 15) is 9.59 Å². The Hall–Kier alpha value is -2.08. The van der Waals surface area contributed by atoms with Crippen LogP contribution in [0.1, 0.15) is 0 Å². The zero-order valence-corrected chi connectivity index (χ0v) is 9.00. The van der Waals surface area contributed by atoms with Gasteiger partial charge in [0.1, 0.15) is 11.8 Å². The molecule has 6 heteroatoms. The molecule has 2 amide bonds. The average Bonchev–Trinajstić information content (AvgIpc) is 2.37. The summed E-state index contributed by atoms with van der Waals surface area (Å²) in [5.41, 5.74) is 0. The number of para-hydroxylation sites is 1. The summed E-state index contributed by atoms with van der Waals surface area (Å²) >= 11 is 0. The molecule has 1 aliphatic heterocycles. The highest BCUT2D eigenvalue weighted by Gasteiger charge is 2.36. The lowest BCUT2D eigenvalue weighted by Gasteiger charge is -2.33. The van der Waals surface area contributed by atoms with Gasteiger partial charge in [0.05, 0.1) is 6.54 Å². The molecule has 1 unspecified atom stereocenters. The van der Waals surface area contributed by atoms with E-state index >= 15 is 0 Å². The summed E-state index contributed by atoms with van der Waals surface area (Å²) < 4.78 is 5.20. The van der Waals surface area contributed by atoms with Crippen molar-refractivity contribution in [2.45, 2.75) is 6.04 Å². The van der Waals surface area contributed by atoms with Crippen LogP contribution in [0.5, 0.6) is 5.75 Å². The van der Waals surface area contributed by atoms with E-state index in [4.69, 9.17) is 9.94 Å². The van der Waals surface area contributed by atoms with Crippen LogP contribution in [0.3, 0.4) is 0 Å². The molecule has 6 nitrogen and oxygen atoms in total. The zero-order valence-electron chi connectivity index (χ0n) is 9.00. The Morgan fingerprint density at radius 1 is 1.47 bits per heavy atom. The minimum atomic E-state index is -0.633. The fourth-order valence-electron chi connectivity index (χ4n) is 1.42. The Bertz CT molecular complexity index is 421. The Kier molecular flexibility index (Phi) is 3.24. The average molecular weight is 236 g/mol. The SMILES string of the molecule is O=C(COc1ccccc1)NC1CN(O)C1=O. The molecule has 1 aromatic carbocycles. The van der Waals surface area contributed by atoms with Gasteiger partial charge in [-0.15, -0.1) is 0 Å². The zero-order chi connectivity index (χ0) is 12.3. The predicted molar refractivity (Wildman–Crippen MR) is 57.4 cm³/mol. The van der Waals surface area contributed by atoms with Gasteiger partial charge >= 0.3 is 0 Å². The van der Waals surface area contributed by atoms with E-state index in [1.165, 1.54) is 0 Å². The van der Waals surface area contributed by atoms with E-state index in [0.29, 0.717) is 10.8 Å². The van der Waals surface area contributed by atoms with Crippen LogP contribution in [0.25, 0.3) is 0 Å². The third-order valence-electron chi connectivity index (χ3n) is 2.36. The summed E-state index contributed by atoms with van der Waals surface area (Å²) in [6.45, 7) is -0.0326. The van der Waals surface area contributed by atoms with E-state index < -0.39 is 11.9 Å². The van der Waals surface area contributed by atoms with Crippen molar-refractivity contribution in [3.05, 3.63) is 30.3 Å². The fraction of sp³-hybridized carbons (Fsp3) is 0.273. The number of carbonyl (C=O) groups excluding carboxylic acids is 2. The fourth-order valence-corrected chi connectivity index (χ4v) is 1.42. The lowest BCUT2D eigenvalue weighted by atomic mass is 10.1. The van der Waals surface area contributed by atoms with Gasteiger partial charge in [-0.2, -0.15) is 0 Å². The smallest absolute Gasteiger partial charge is 0.270 e. The second-order valence-corrected chi connectivity index (χ2v) is 3.64. The molecule has 2 N–H and O–H groups in total. The molecule has 0 aromatic heterocycles. The Morgan fingerprint density at radius 3 is 2.76 bits per heavy atom. The van der Waals surface area contributed by atoms with Crippen LogP contribution in [0.4, 0.5) is 0 Å². The van der Waals surface area contributed by atoms with Crippen LogP contribution in [-0.2, 0) is 9.59 Å². The molecule has 90 valence electrons. The van der Waals surface area contributed by atoms with Crippen molar-refractivity contribution in [2.75, 3.05) is 13.2 Å². The first-order valence-corrected chi connectivity index (χ1v) is 5.14. The molecular weight excluding hydrogens is 224 g/mol. The number of nitrogens with zero attached hydrogens (tertiary/aromatic N) is 1. The maximum Gasteiger partial charge on any atom is 0.270 e. The number of hydrogen-bond acceptors (Lipinski definition) is 4. The predicted octanol–water partition coefficient (Wildman–Crippen LogP) is -0.218. The van der Waals surface area contributed by atoms with Crippen molar-refractivity contribution in [1.29, 1.82) is 0 Å². The minimum absolute atomic E-state index is 0.121. The van der Waals surface area contributed by atoms with Crippen LogP contribution in [0.15, 0.2) is 30.3 Å².